The van der Waals surface area contributed by atoms with Crippen LogP contribution in [0, 0.1) is 5.92 Å². The third-order valence-electron chi connectivity index (χ3n) is 3.13. The average Bonchev–Trinajstić information content (AvgIpc) is 3.00. The van der Waals surface area contributed by atoms with Crippen LogP contribution in [0.2, 0.25) is 5.02 Å². The zero-order valence-corrected chi connectivity index (χ0v) is 11.3. The van der Waals surface area contributed by atoms with E-state index in [-0.39, 0.29) is 0 Å². The van der Waals surface area contributed by atoms with Crippen molar-refractivity contribution < 1.29 is 0 Å². The Morgan fingerprint density at radius 2 is 2.19 bits per heavy atom. The van der Waals surface area contributed by atoms with E-state index in [1.54, 1.807) is 6.20 Å². The lowest BCUT2D eigenvalue weighted by Gasteiger charge is -2.13. The second kappa shape index (κ2) is 4.97. The summed E-state index contributed by atoms with van der Waals surface area (Å²) in [6, 6.07) is 0.359. The molecule has 1 aliphatic carbocycles. The molecule has 1 aliphatic rings. The first kappa shape index (κ1) is 12.3. The summed E-state index contributed by atoms with van der Waals surface area (Å²) >= 11 is 12.4. The Morgan fingerprint density at radius 3 is 2.75 bits per heavy atom. The van der Waals surface area contributed by atoms with Gasteiger partial charge in [-0.25, -0.2) is 0 Å². The van der Waals surface area contributed by atoms with Gasteiger partial charge in [0.1, 0.15) is 0 Å². The topological polar surface area (TPSA) is 17.8 Å². The van der Waals surface area contributed by atoms with E-state index in [2.05, 4.69) is 18.9 Å². The lowest BCUT2D eigenvalue weighted by Crippen LogP contribution is -2.10. The van der Waals surface area contributed by atoms with Gasteiger partial charge in [0.2, 0.25) is 0 Å². The maximum Gasteiger partial charge on any atom is 0.0817 e. The molecule has 1 unspecified atom stereocenters. The number of rotatable bonds is 5. The first-order valence-electron chi connectivity index (χ1n) is 5.95. The average molecular weight is 261 g/mol. The van der Waals surface area contributed by atoms with Crippen molar-refractivity contribution >= 4 is 23.2 Å². The van der Waals surface area contributed by atoms with Crippen molar-refractivity contribution in [3.8, 4) is 0 Å². The summed E-state index contributed by atoms with van der Waals surface area (Å²) in [5.41, 5.74) is 1.13. The van der Waals surface area contributed by atoms with Crippen molar-refractivity contribution in [3.05, 3.63) is 16.9 Å². The Balaban J connectivity index is 1.99. The molecule has 0 bridgehead atoms. The lowest BCUT2D eigenvalue weighted by atomic mass is 10.1. The first-order chi connectivity index (χ1) is 7.59. The van der Waals surface area contributed by atoms with Crippen LogP contribution < -0.4 is 0 Å². The van der Waals surface area contributed by atoms with Crippen LogP contribution in [0.3, 0.4) is 0 Å². The first-order valence-corrected chi connectivity index (χ1v) is 6.77. The minimum absolute atomic E-state index is 0.312. The van der Waals surface area contributed by atoms with Gasteiger partial charge in [0.25, 0.3) is 0 Å². The zero-order chi connectivity index (χ0) is 11.7. The smallest absolute Gasteiger partial charge is 0.0817 e. The minimum Gasteiger partial charge on any atom is -0.266 e. The van der Waals surface area contributed by atoms with Crippen molar-refractivity contribution in [1.29, 1.82) is 0 Å². The Kier molecular flexibility index (Phi) is 3.81. The SMILES string of the molecule is CC(C)n1ncc(Cl)c1CCC(Cl)C1CC1. The zero-order valence-electron chi connectivity index (χ0n) is 9.79. The largest absolute Gasteiger partial charge is 0.266 e. The number of halogens is 2. The van der Waals surface area contributed by atoms with E-state index in [0.29, 0.717) is 11.4 Å². The molecule has 0 aromatic carbocycles. The molecule has 90 valence electrons. The molecule has 4 heteroatoms. The van der Waals surface area contributed by atoms with Gasteiger partial charge in [-0.05, 0) is 45.4 Å². The van der Waals surface area contributed by atoms with Gasteiger partial charge < -0.3 is 0 Å². The van der Waals surface area contributed by atoms with Crippen LogP contribution in [-0.4, -0.2) is 15.2 Å². The van der Waals surface area contributed by atoms with Gasteiger partial charge in [-0.2, -0.15) is 5.10 Å². The van der Waals surface area contributed by atoms with Crippen molar-refractivity contribution in [1.82, 2.24) is 9.78 Å². The molecule has 0 radical (unpaired) electrons. The molecule has 2 rings (SSSR count). The molecular weight excluding hydrogens is 243 g/mol. The van der Waals surface area contributed by atoms with Gasteiger partial charge in [-0.15, -0.1) is 11.6 Å². The van der Waals surface area contributed by atoms with Crippen molar-refractivity contribution in [2.75, 3.05) is 0 Å². The normalized spacial score (nSPS) is 18.1. The third kappa shape index (κ3) is 2.72. The Bertz CT molecular complexity index is 356. The summed E-state index contributed by atoms with van der Waals surface area (Å²) in [5, 5.41) is 5.38. The fourth-order valence-corrected chi connectivity index (χ4v) is 2.60. The lowest BCUT2D eigenvalue weighted by molar-refractivity contribution is 0.501. The molecule has 1 atom stereocenters. The maximum atomic E-state index is 6.31. The number of aromatic nitrogens is 2. The molecule has 1 aromatic rings. The van der Waals surface area contributed by atoms with Gasteiger partial charge in [-0.3, -0.25) is 4.68 Å². The molecule has 0 N–H and O–H groups in total. The van der Waals surface area contributed by atoms with E-state index in [9.17, 15) is 0 Å². The molecule has 0 aliphatic heterocycles. The highest BCUT2D eigenvalue weighted by Gasteiger charge is 2.29. The van der Waals surface area contributed by atoms with E-state index in [0.717, 1.165) is 29.5 Å². The number of hydrogen-bond donors (Lipinski definition) is 0. The van der Waals surface area contributed by atoms with E-state index in [4.69, 9.17) is 23.2 Å². The van der Waals surface area contributed by atoms with Crippen LogP contribution in [0.5, 0.6) is 0 Å². The van der Waals surface area contributed by atoms with Crippen LogP contribution in [0.4, 0.5) is 0 Å². The summed E-state index contributed by atoms with van der Waals surface area (Å²) in [4.78, 5) is 0. The predicted molar refractivity (Wildman–Crippen MR) is 68.3 cm³/mol. The molecular formula is C12H18Cl2N2. The summed E-state index contributed by atoms with van der Waals surface area (Å²) in [7, 11) is 0. The standard InChI is InChI=1S/C12H18Cl2N2/c1-8(2)16-12(11(14)7-15-16)6-5-10(13)9-3-4-9/h7-10H,3-6H2,1-2H3. The second-order valence-corrected chi connectivity index (χ2v) is 5.84. The van der Waals surface area contributed by atoms with Crippen LogP contribution in [0.15, 0.2) is 6.20 Å². The Morgan fingerprint density at radius 1 is 1.50 bits per heavy atom. The van der Waals surface area contributed by atoms with E-state index < -0.39 is 0 Å². The van der Waals surface area contributed by atoms with Gasteiger partial charge >= 0.3 is 0 Å². The molecule has 16 heavy (non-hydrogen) atoms. The maximum absolute atomic E-state index is 6.31. The van der Waals surface area contributed by atoms with Crippen molar-refractivity contribution in [2.24, 2.45) is 5.92 Å². The minimum atomic E-state index is 0.312. The van der Waals surface area contributed by atoms with Crippen molar-refractivity contribution in [3.63, 3.8) is 0 Å². The summed E-state index contributed by atoms with van der Waals surface area (Å²) < 4.78 is 2.00. The molecule has 0 amide bonds. The van der Waals surface area contributed by atoms with Crippen LogP contribution in [0.25, 0.3) is 0 Å². The van der Waals surface area contributed by atoms with E-state index in [1.807, 2.05) is 4.68 Å². The van der Waals surface area contributed by atoms with E-state index in [1.165, 1.54) is 12.8 Å². The molecule has 1 aromatic heterocycles. The second-order valence-electron chi connectivity index (χ2n) is 4.87. The van der Waals surface area contributed by atoms with Crippen LogP contribution in [-0.2, 0) is 6.42 Å². The van der Waals surface area contributed by atoms with Gasteiger partial charge in [0.15, 0.2) is 0 Å². The van der Waals surface area contributed by atoms with Crippen LogP contribution in [0.1, 0.15) is 44.8 Å². The third-order valence-corrected chi connectivity index (χ3v) is 4.02. The van der Waals surface area contributed by atoms with Gasteiger partial charge in [-0.1, -0.05) is 11.6 Å². The number of hydrogen-bond acceptors (Lipinski definition) is 1. The molecule has 0 saturated heterocycles. The predicted octanol–water partition coefficient (Wildman–Crippen LogP) is 4.07. The monoisotopic (exact) mass is 260 g/mol. The van der Waals surface area contributed by atoms with Gasteiger partial charge in [0, 0.05) is 11.4 Å². The number of alkyl halides is 1. The Hall–Kier alpha value is -0.210. The fraction of sp³-hybridized carbons (Fsp3) is 0.750. The molecule has 1 saturated carbocycles. The van der Waals surface area contributed by atoms with E-state index >= 15 is 0 Å². The molecule has 0 spiro atoms. The van der Waals surface area contributed by atoms with Crippen molar-refractivity contribution in [2.45, 2.75) is 50.9 Å². The molecule has 1 fully saturated rings. The highest BCUT2D eigenvalue weighted by molar-refractivity contribution is 6.31. The van der Waals surface area contributed by atoms with Crippen LogP contribution >= 0.6 is 23.2 Å². The number of nitrogens with zero attached hydrogens (tertiary/aromatic N) is 2. The summed E-state index contributed by atoms with van der Waals surface area (Å²) in [6.07, 6.45) is 6.26. The molecule has 1 heterocycles. The highest BCUT2D eigenvalue weighted by Crippen LogP contribution is 2.38. The van der Waals surface area contributed by atoms with Gasteiger partial charge in [0.05, 0.1) is 16.9 Å². The molecule has 2 nitrogen and oxygen atoms in total. The fourth-order valence-electron chi connectivity index (χ4n) is 2.01. The highest BCUT2D eigenvalue weighted by atomic mass is 35.5. The quantitative estimate of drug-likeness (QED) is 0.730. The Labute approximate surface area is 107 Å². The summed E-state index contributed by atoms with van der Waals surface area (Å²) in [6.45, 7) is 4.23. The summed E-state index contributed by atoms with van der Waals surface area (Å²) in [5.74, 6) is 0.746.